The van der Waals surface area contributed by atoms with E-state index >= 15 is 0 Å². The van der Waals surface area contributed by atoms with Crippen molar-refractivity contribution < 1.29 is 13.9 Å². The number of halogens is 1. The topological polar surface area (TPSA) is 53.7 Å². The second-order valence-electron chi connectivity index (χ2n) is 9.31. The molecule has 180 valence electrons. The van der Waals surface area contributed by atoms with E-state index in [1.54, 1.807) is 25.1 Å². The molecular weight excluding hydrogens is 441 g/mol. The third-order valence-corrected chi connectivity index (χ3v) is 7.10. The summed E-state index contributed by atoms with van der Waals surface area (Å²) in [5.74, 6) is 0.283. The van der Waals surface area contributed by atoms with E-state index in [4.69, 9.17) is 4.42 Å². The molecule has 0 saturated carbocycles. The summed E-state index contributed by atoms with van der Waals surface area (Å²) in [5.41, 5.74) is 3.71. The van der Waals surface area contributed by atoms with Gasteiger partial charge in [-0.3, -0.25) is 9.69 Å². The molecule has 0 spiro atoms. The summed E-state index contributed by atoms with van der Waals surface area (Å²) in [6, 6.07) is 17.5. The number of nitrogens with zero attached hydrogens (tertiary/aromatic N) is 1. The van der Waals surface area contributed by atoms with Gasteiger partial charge in [-0.05, 0) is 74.2 Å². The van der Waals surface area contributed by atoms with E-state index in [0.717, 1.165) is 31.5 Å². The maximum Gasteiger partial charge on any atom is 0.200 e. The van der Waals surface area contributed by atoms with Crippen molar-refractivity contribution in [2.75, 3.05) is 13.1 Å². The highest BCUT2D eigenvalue weighted by molar-refractivity contribution is 5.88. The second kappa shape index (κ2) is 9.67. The summed E-state index contributed by atoms with van der Waals surface area (Å²) >= 11 is 0. The van der Waals surface area contributed by atoms with Gasteiger partial charge in [0.25, 0.3) is 0 Å². The fourth-order valence-electron chi connectivity index (χ4n) is 5.36. The van der Waals surface area contributed by atoms with Crippen LogP contribution < -0.4 is 5.43 Å². The van der Waals surface area contributed by atoms with Crippen LogP contribution in [0.5, 0.6) is 5.75 Å². The van der Waals surface area contributed by atoms with Gasteiger partial charge in [-0.25, -0.2) is 4.39 Å². The van der Waals surface area contributed by atoms with Crippen molar-refractivity contribution in [1.29, 1.82) is 0 Å². The molecule has 4 aromatic rings. The molecule has 0 amide bonds. The van der Waals surface area contributed by atoms with Crippen LogP contribution in [0.1, 0.15) is 54.7 Å². The third-order valence-electron chi connectivity index (χ3n) is 7.10. The number of benzene rings is 3. The average Bonchev–Trinajstić information content (AvgIpc) is 2.88. The van der Waals surface area contributed by atoms with Crippen molar-refractivity contribution in [3.05, 3.63) is 99.2 Å². The van der Waals surface area contributed by atoms with Gasteiger partial charge in [0.15, 0.2) is 0 Å². The standard InChI is InChI=1S/C30H30FNO3/c1-3-20-18-24-29(34)25(21-12-14-23(31)15-13-21)19(2)35-30(24)26(28(20)33)27(22-10-6-4-7-11-22)32-16-8-5-9-17-32/h4,6-7,10-15,18,27,33H,3,5,8-9,16-17H2,1-2H3/t27-/m0/s1. The maximum absolute atomic E-state index is 13.9. The monoisotopic (exact) mass is 471 g/mol. The van der Waals surface area contributed by atoms with E-state index < -0.39 is 0 Å². The van der Waals surface area contributed by atoms with E-state index in [9.17, 15) is 14.3 Å². The van der Waals surface area contributed by atoms with Crippen molar-refractivity contribution in [3.8, 4) is 16.9 Å². The summed E-state index contributed by atoms with van der Waals surface area (Å²) in [5, 5.41) is 12.0. The quantitative estimate of drug-likeness (QED) is 0.350. The van der Waals surface area contributed by atoms with Crippen LogP contribution in [-0.2, 0) is 6.42 Å². The van der Waals surface area contributed by atoms with Gasteiger partial charge in [-0.15, -0.1) is 0 Å². The second-order valence-corrected chi connectivity index (χ2v) is 9.31. The minimum atomic E-state index is -0.357. The summed E-state index contributed by atoms with van der Waals surface area (Å²) < 4.78 is 19.9. The highest BCUT2D eigenvalue weighted by atomic mass is 19.1. The predicted molar refractivity (Wildman–Crippen MR) is 137 cm³/mol. The number of phenols is 1. The number of fused-ring (bicyclic) bond motifs is 1. The first-order valence-electron chi connectivity index (χ1n) is 12.4. The molecule has 1 aliphatic heterocycles. The van der Waals surface area contributed by atoms with Gasteiger partial charge in [0.2, 0.25) is 5.43 Å². The van der Waals surface area contributed by atoms with Gasteiger partial charge in [-0.2, -0.15) is 0 Å². The molecule has 3 aromatic carbocycles. The Hall–Kier alpha value is -3.44. The van der Waals surface area contributed by atoms with Crippen LogP contribution in [-0.4, -0.2) is 23.1 Å². The lowest BCUT2D eigenvalue weighted by Gasteiger charge is -2.36. The Labute approximate surface area is 204 Å². The lowest BCUT2D eigenvalue weighted by Crippen LogP contribution is -2.34. The minimum absolute atomic E-state index is 0.170. The Morgan fingerprint density at radius 2 is 1.71 bits per heavy atom. The van der Waals surface area contributed by atoms with Crippen LogP contribution in [0, 0.1) is 12.7 Å². The molecule has 1 aromatic heterocycles. The van der Waals surface area contributed by atoms with Crippen LogP contribution in [0.2, 0.25) is 0 Å². The molecule has 0 bridgehead atoms. The van der Waals surface area contributed by atoms with Crippen molar-refractivity contribution in [2.24, 2.45) is 0 Å². The van der Waals surface area contributed by atoms with Crippen LogP contribution in [0.4, 0.5) is 4.39 Å². The molecule has 1 atom stereocenters. The van der Waals surface area contributed by atoms with Gasteiger partial charge in [0.1, 0.15) is 22.9 Å². The number of rotatable bonds is 5. The molecule has 4 nitrogen and oxygen atoms in total. The zero-order valence-electron chi connectivity index (χ0n) is 20.2. The summed E-state index contributed by atoms with van der Waals surface area (Å²) in [4.78, 5) is 16.2. The Bertz CT molecular complexity index is 1400. The smallest absolute Gasteiger partial charge is 0.200 e. The number of phenolic OH excluding ortho intramolecular Hbond substituents is 1. The number of piperidine rings is 1. The summed E-state index contributed by atoms with van der Waals surface area (Å²) in [6.07, 6.45) is 3.95. The van der Waals surface area contributed by atoms with Crippen molar-refractivity contribution in [1.82, 2.24) is 4.90 Å². The van der Waals surface area contributed by atoms with Gasteiger partial charge in [0.05, 0.1) is 22.6 Å². The number of likely N-dealkylation sites (tertiary alicyclic amines) is 1. The van der Waals surface area contributed by atoms with Crippen LogP contribution in [0.3, 0.4) is 0 Å². The third kappa shape index (κ3) is 4.25. The SMILES string of the molecule is CCc1cc2c(=O)c(-c3ccc(F)cc3)c(C)oc2c([C@H](c2ccccc2)N2CCCCC2)c1O. The number of aromatic hydroxyl groups is 1. The lowest BCUT2D eigenvalue weighted by molar-refractivity contribution is 0.185. The molecule has 0 unspecified atom stereocenters. The van der Waals surface area contributed by atoms with Crippen molar-refractivity contribution >= 4 is 11.0 Å². The normalized spacial score (nSPS) is 15.4. The first-order valence-corrected chi connectivity index (χ1v) is 12.4. The Morgan fingerprint density at radius 1 is 1.03 bits per heavy atom. The molecule has 1 N–H and O–H groups in total. The highest BCUT2D eigenvalue weighted by Gasteiger charge is 2.31. The van der Waals surface area contributed by atoms with Crippen molar-refractivity contribution in [2.45, 2.75) is 45.6 Å². The van der Waals surface area contributed by atoms with E-state index in [-0.39, 0.29) is 23.0 Å². The molecule has 2 heterocycles. The largest absolute Gasteiger partial charge is 0.507 e. The van der Waals surface area contributed by atoms with Crippen LogP contribution in [0.15, 0.2) is 69.9 Å². The molecule has 5 rings (SSSR count). The maximum atomic E-state index is 13.9. The molecule has 1 fully saturated rings. The van der Waals surface area contributed by atoms with Gasteiger partial charge < -0.3 is 9.52 Å². The fourth-order valence-corrected chi connectivity index (χ4v) is 5.36. The molecule has 5 heteroatoms. The van der Waals surface area contributed by atoms with Crippen LogP contribution in [0.25, 0.3) is 22.1 Å². The van der Waals surface area contributed by atoms with E-state index in [1.807, 2.05) is 25.1 Å². The number of aryl methyl sites for hydroxylation is 2. The molecule has 35 heavy (non-hydrogen) atoms. The zero-order chi connectivity index (χ0) is 24.5. The lowest BCUT2D eigenvalue weighted by atomic mass is 9.89. The first kappa shape index (κ1) is 23.3. The van der Waals surface area contributed by atoms with E-state index in [2.05, 4.69) is 17.0 Å². The van der Waals surface area contributed by atoms with Gasteiger partial charge in [0, 0.05) is 0 Å². The van der Waals surface area contributed by atoms with Crippen molar-refractivity contribution in [3.63, 3.8) is 0 Å². The van der Waals surface area contributed by atoms with Crippen LogP contribution >= 0.6 is 0 Å². The Balaban J connectivity index is 1.82. The Kier molecular flexibility index (Phi) is 6.44. The zero-order valence-corrected chi connectivity index (χ0v) is 20.2. The summed E-state index contributed by atoms with van der Waals surface area (Å²) in [6.45, 7) is 5.55. The molecule has 1 aliphatic rings. The van der Waals surface area contributed by atoms with Gasteiger partial charge >= 0.3 is 0 Å². The van der Waals surface area contributed by atoms with Gasteiger partial charge in [-0.1, -0.05) is 55.8 Å². The number of hydrogen-bond acceptors (Lipinski definition) is 4. The fraction of sp³-hybridized carbons (Fsp3) is 0.300. The molecule has 0 aliphatic carbocycles. The highest BCUT2D eigenvalue weighted by Crippen LogP contribution is 2.42. The molecule has 1 saturated heterocycles. The minimum Gasteiger partial charge on any atom is -0.507 e. The van der Waals surface area contributed by atoms with E-state index in [1.165, 1.54) is 18.6 Å². The average molecular weight is 472 g/mol. The Morgan fingerprint density at radius 3 is 2.37 bits per heavy atom. The molecule has 0 radical (unpaired) electrons. The predicted octanol–water partition coefficient (Wildman–Crippen LogP) is 6.75. The van der Waals surface area contributed by atoms with E-state index in [0.29, 0.717) is 45.4 Å². The first-order chi connectivity index (χ1) is 17.0. The number of hydrogen-bond donors (Lipinski definition) is 1. The summed E-state index contributed by atoms with van der Waals surface area (Å²) in [7, 11) is 0. The molecular formula is C30H30FNO3.